The van der Waals surface area contributed by atoms with Crippen molar-refractivity contribution in [3.05, 3.63) is 65.0 Å². The Labute approximate surface area is 164 Å². The van der Waals surface area contributed by atoms with Gasteiger partial charge in [-0.2, -0.15) is 12.8 Å². The minimum absolute atomic E-state index is 0.0165. The summed E-state index contributed by atoms with van der Waals surface area (Å²) < 4.78 is 34.8. The van der Waals surface area contributed by atoms with Crippen LogP contribution in [-0.4, -0.2) is 44.3 Å². The second-order valence-corrected chi connectivity index (χ2v) is 8.55. The van der Waals surface area contributed by atoms with Crippen LogP contribution in [0.4, 0.5) is 0 Å². The van der Waals surface area contributed by atoms with Crippen LogP contribution in [0.5, 0.6) is 0 Å². The molecule has 8 heteroatoms. The van der Waals surface area contributed by atoms with Gasteiger partial charge in [0.25, 0.3) is 10.0 Å². The Hall–Kier alpha value is -2.09. The summed E-state index contributed by atoms with van der Waals surface area (Å²) in [5, 5.41) is 13.4. The van der Waals surface area contributed by atoms with Crippen LogP contribution in [0.15, 0.2) is 69.3 Å². The highest BCUT2D eigenvalue weighted by Crippen LogP contribution is 2.22. The first kappa shape index (κ1) is 19.7. The van der Waals surface area contributed by atoms with Crippen molar-refractivity contribution in [3.63, 3.8) is 0 Å². The molecular weight excluding hydrogens is 388 g/mol. The summed E-state index contributed by atoms with van der Waals surface area (Å²) in [4.78, 5) is 1.69. The normalized spacial score (nSPS) is 26.5. The van der Waals surface area contributed by atoms with Crippen LogP contribution >= 0.6 is 11.6 Å². The molecule has 1 fully saturated rings. The smallest absolute Gasteiger partial charge is 0.282 e. The van der Waals surface area contributed by atoms with Crippen LogP contribution in [-0.2, 0) is 14.8 Å². The zero-order chi connectivity index (χ0) is 19.6. The fraction of sp³-hybridized carbons (Fsp3) is 0.316. The summed E-state index contributed by atoms with van der Waals surface area (Å²) >= 11 is 5.81. The van der Waals surface area contributed by atoms with Gasteiger partial charge in [-0.05, 0) is 50.1 Å². The Morgan fingerprint density at radius 3 is 2.37 bits per heavy atom. The quantitative estimate of drug-likeness (QED) is 0.718. The number of sulfonamides is 1. The third-order valence-electron chi connectivity index (χ3n) is 4.17. The van der Waals surface area contributed by atoms with E-state index < -0.39 is 10.0 Å². The molecule has 0 spiro atoms. The van der Waals surface area contributed by atoms with Gasteiger partial charge in [0, 0.05) is 23.7 Å². The lowest BCUT2D eigenvalue weighted by Crippen LogP contribution is -2.48. The number of hydrogen-bond acceptors (Lipinski definition) is 5. The number of morpholine rings is 1. The van der Waals surface area contributed by atoms with Gasteiger partial charge in [0.2, 0.25) is 0 Å². The van der Waals surface area contributed by atoms with E-state index in [0.29, 0.717) is 18.1 Å². The second-order valence-electron chi connectivity index (χ2n) is 6.50. The molecule has 0 radical (unpaired) electrons. The standard InChI is InChI=1S/C19H21ClN2O4S/c1-13-11-22(12-14(2)26-13)19(23)17-5-3-4-6-18(17)21-27(24,25)16-9-7-15(20)8-10-16/h3-10,13-14,23H,11-12H2,1-2H3/p-1/t13-,14-/m1/s1. The summed E-state index contributed by atoms with van der Waals surface area (Å²) in [6.45, 7) is 4.69. The largest absolute Gasteiger partial charge is 0.860 e. The number of hydrogen-bond donors (Lipinski definition) is 0. The summed E-state index contributed by atoms with van der Waals surface area (Å²) in [5.41, 5.74) is 0.362. The molecule has 1 aliphatic carbocycles. The Balaban J connectivity index is 1.98. The number of rotatable bonds is 3. The van der Waals surface area contributed by atoms with Gasteiger partial charge in [-0.3, -0.25) is 0 Å². The van der Waals surface area contributed by atoms with E-state index in [0.717, 1.165) is 0 Å². The first-order valence-corrected chi connectivity index (χ1v) is 10.4. The fourth-order valence-corrected chi connectivity index (χ4v) is 4.17. The predicted molar refractivity (Wildman–Crippen MR) is 103 cm³/mol. The van der Waals surface area contributed by atoms with Crippen LogP contribution in [0.1, 0.15) is 13.8 Å². The van der Waals surface area contributed by atoms with Crippen molar-refractivity contribution in [2.24, 2.45) is 4.40 Å². The van der Waals surface area contributed by atoms with Gasteiger partial charge in [-0.1, -0.05) is 29.8 Å². The molecule has 1 aromatic rings. The van der Waals surface area contributed by atoms with Crippen molar-refractivity contribution in [2.75, 3.05) is 13.1 Å². The molecule has 0 bridgehead atoms. The topological polar surface area (TPSA) is 82.0 Å². The average molecular weight is 408 g/mol. The van der Waals surface area contributed by atoms with Gasteiger partial charge >= 0.3 is 0 Å². The Morgan fingerprint density at radius 2 is 1.74 bits per heavy atom. The molecule has 144 valence electrons. The van der Waals surface area contributed by atoms with Crippen LogP contribution in [0.25, 0.3) is 0 Å². The molecule has 2 aliphatic rings. The lowest BCUT2D eigenvalue weighted by atomic mass is 10.1. The number of allylic oxidation sites excluding steroid dienone is 5. The van der Waals surface area contributed by atoms with Gasteiger partial charge < -0.3 is 14.7 Å². The average Bonchev–Trinajstić information content (AvgIpc) is 2.61. The molecule has 0 unspecified atom stereocenters. The third kappa shape index (κ3) is 4.61. The van der Waals surface area contributed by atoms with Crippen molar-refractivity contribution < 1.29 is 18.3 Å². The first-order valence-electron chi connectivity index (χ1n) is 8.53. The second kappa shape index (κ2) is 7.88. The van der Waals surface area contributed by atoms with Crippen molar-refractivity contribution in [1.29, 1.82) is 0 Å². The van der Waals surface area contributed by atoms with Gasteiger partial charge in [-0.25, -0.2) is 0 Å². The van der Waals surface area contributed by atoms with E-state index in [9.17, 15) is 13.5 Å². The third-order valence-corrected chi connectivity index (χ3v) is 5.73. The number of ether oxygens (including phenoxy) is 1. The molecular formula is C19H20ClN2O4S-. The molecule has 0 N–H and O–H groups in total. The zero-order valence-electron chi connectivity index (χ0n) is 15.0. The van der Waals surface area contributed by atoms with Gasteiger partial charge in [0.15, 0.2) is 0 Å². The summed E-state index contributed by atoms with van der Waals surface area (Å²) in [5.74, 6) is -0.261. The highest BCUT2D eigenvalue weighted by Gasteiger charge is 2.23. The van der Waals surface area contributed by atoms with Crippen molar-refractivity contribution >= 4 is 27.3 Å². The predicted octanol–water partition coefficient (Wildman–Crippen LogP) is 2.28. The maximum Gasteiger partial charge on any atom is 0.282 e. The van der Waals surface area contributed by atoms with E-state index in [2.05, 4.69) is 4.40 Å². The lowest BCUT2D eigenvalue weighted by molar-refractivity contribution is -0.339. The SMILES string of the molecule is C[C@@H]1CN(C([O-])=C2C=CC=CC2=NS(=O)(=O)c2ccc(Cl)cc2)C[C@@H](C)O1. The molecule has 1 saturated heterocycles. The summed E-state index contributed by atoms with van der Waals surface area (Å²) in [6, 6.07) is 5.74. The van der Waals surface area contributed by atoms with Crippen LogP contribution in [0.2, 0.25) is 5.02 Å². The van der Waals surface area contributed by atoms with E-state index in [1.165, 1.54) is 30.3 Å². The van der Waals surface area contributed by atoms with Crippen molar-refractivity contribution in [1.82, 2.24) is 4.90 Å². The van der Waals surface area contributed by atoms with Gasteiger partial charge in [0.05, 0.1) is 22.8 Å². The molecule has 0 aromatic heterocycles. The minimum atomic E-state index is -3.97. The Kier molecular flexibility index (Phi) is 5.74. The van der Waals surface area contributed by atoms with Crippen LogP contribution in [0.3, 0.4) is 0 Å². The summed E-state index contributed by atoms with van der Waals surface area (Å²) in [6.07, 6.45) is 6.28. The van der Waals surface area contributed by atoms with Crippen LogP contribution < -0.4 is 5.11 Å². The zero-order valence-corrected chi connectivity index (χ0v) is 16.6. The molecule has 6 nitrogen and oxygen atoms in total. The molecule has 1 aliphatic heterocycles. The molecule has 1 aromatic carbocycles. The maximum absolute atomic E-state index is 13.0. The maximum atomic E-state index is 13.0. The monoisotopic (exact) mass is 407 g/mol. The highest BCUT2D eigenvalue weighted by atomic mass is 35.5. The van der Waals surface area contributed by atoms with E-state index in [1.54, 1.807) is 23.1 Å². The Morgan fingerprint density at radius 1 is 1.15 bits per heavy atom. The van der Waals surface area contributed by atoms with Gasteiger partial charge in [-0.15, -0.1) is 0 Å². The van der Waals surface area contributed by atoms with E-state index in [-0.39, 0.29) is 34.3 Å². The lowest BCUT2D eigenvalue weighted by Gasteiger charge is -2.41. The Bertz CT molecular complexity index is 923. The van der Waals surface area contributed by atoms with E-state index in [4.69, 9.17) is 16.3 Å². The van der Waals surface area contributed by atoms with Crippen molar-refractivity contribution in [2.45, 2.75) is 31.0 Å². The molecule has 2 atom stereocenters. The van der Waals surface area contributed by atoms with Gasteiger partial charge in [0.1, 0.15) is 0 Å². The number of halogens is 1. The molecule has 1 heterocycles. The number of nitrogens with zero attached hydrogens (tertiary/aromatic N) is 2. The van der Waals surface area contributed by atoms with Crippen molar-refractivity contribution in [3.8, 4) is 0 Å². The van der Waals surface area contributed by atoms with E-state index >= 15 is 0 Å². The molecule has 3 rings (SSSR count). The van der Waals surface area contributed by atoms with Crippen LogP contribution in [0, 0.1) is 0 Å². The molecule has 0 amide bonds. The number of benzene rings is 1. The minimum Gasteiger partial charge on any atom is -0.860 e. The highest BCUT2D eigenvalue weighted by molar-refractivity contribution is 7.90. The van der Waals surface area contributed by atoms with E-state index in [1.807, 2.05) is 13.8 Å². The summed E-state index contributed by atoms with van der Waals surface area (Å²) in [7, 11) is -3.97. The fourth-order valence-electron chi connectivity index (χ4n) is 3.04. The first-order chi connectivity index (χ1) is 12.8. The molecule has 27 heavy (non-hydrogen) atoms. The molecule has 0 saturated carbocycles.